The first-order valence-electron chi connectivity index (χ1n) is 8.61. The van der Waals surface area contributed by atoms with Crippen molar-refractivity contribution in [3.63, 3.8) is 0 Å². The summed E-state index contributed by atoms with van der Waals surface area (Å²) in [7, 11) is 0. The lowest BCUT2D eigenvalue weighted by molar-refractivity contribution is -0.131. The highest BCUT2D eigenvalue weighted by molar-refractivity contribution is 6.30. The SMILES string of the molecule is CC1(c2ccc(C#N)cc2)NC(=O)N(Cc2cc3ccccc3nc2Cl)C1=O. The van der Waals surface area contributed by atoms with Crippen molar-refractivity contribution in [2.75, 3.05) is 0 Å². The molecule has 3 amide bonds. The Morgan fingerprint density at radius 2 is 1.89 bits per heavy atom. The molecule has 0 radical (unpaired) electrons. The number of nitrogens with zero attached hydrogens (tertiary/aromatic N) is 3. The number of halogens is 1. The average Bonchev–Trinajstić information content (AvgIpc) is 2.92. The van der Waals surface area contributed by atoms with E-state index in [0.29, 0.717) is 16.7 Å². The number of para-hydroxylation sites is 1. The number of nitrogens with one attached hydrogen (secondary N) is 1. The summed E-state index contributed by atoms with van der Waals surface area (Å²) in [5.41, 5.74) is 1.22. The van der Waals surface area contributed by atoms with Crippen LogP contribution in [0.4, 0.5) is 4.79 Å². The molecule has 138 valence electrons. The van der Waals surface area contributed by atoms with Crippen LogP contribution < -0.4 is 5.32 Å². The van der Waals surface area contributed by atoms with Gasteiger partial charge in [0.25, 0.3) is 5.91 Å². The molecule has 0 bridgehead atoms. The first-order valence-corrected chi connectivity index (χ1v) is 8.99. The van der Waals surface area contributed by atoms with Gasteiger partial charge in [-0.05, 0) is 36.8 Å². The van der Waals surface area contributed by atoms with Gasteiger partial charge >= 0.3 is 6.03 Å². The molecule has 3 aromatic rings. The molecule has 2 aromatic carbocycles. The van der Waals surface area contributed by atoms with Crippen LogP contribution in [0.25, 0.3) is 10.9 Å². The predicted molar refractivity (Wildman–Crippen MR) is 104 cm³/mol. The van der Waals surface area contributed by atoms with E-state index in [2.05, 4.69) is 10.3 Å². The van der Waals surface area contributed by atoms with Crippen LogP contribution in [0.5, 0.6) is 0 Å². The zero-order valence-corrected chi connectivity index (χ0v) is 15.7. The highest BCUT2D eigenvalue weighted by Gasteiger charge is 2.49. The minimum absolute atomic E-state index is 0.0210. The van der Waals surface area contributed by atoms with Gasteiger partial charge in [0.05, 0.1) is 23.7 Å². The van der Waals surface area contributed by atoms with Crippen molar-refractivity contribution in [1.29, 1.82) is 5.26 Å². The van der Waals surface area contributed by atoms with Crippen molar-refractivity contribution in [2.45, 2.75) is 19.0 Å². The lowest BCUT2D eigenvalue weighted by Gasteiger charge is -2.22. The van der Waals surface area contributed by atoms with E-state index in [1.807, 2.05) is 36.4 Å². The zero-order valence-electron chi connectivity index (χ0n) is 14.9. The third kappa shape index (κ3) is 2.86. The summed E-state index contributed by atoms with van der Waals surface area (Å²) in [5, 5.41) is 12.8. The number of hydrogen-bond donors (Lipinski definition) is 1. The van der Waals surface area contributed by atoms with Gasteiger partial charge in [-0.1, -0.05) is 41.9 Å². The normalized spacial score (nSPS) is 19.0. The van der Waals surface area contributed by atoms with Crippen LogP contribution in [-0.2, 0) is 16.9 Å². The van der Waals surface area contributed by atoms with E-state index in [-0.39, 0.29) is 17.6 Å². The molecule has 1 unspecified atom stereocenters. The van der Waals surface area contributed by atoms with Gasteiger partial charge < -0.3 is 5.32 Å². The van der Waals surface area contributed by atoms with Gasteiger partial charge in [0.2, 0.25) is 0 Å². The number of carbonyl (C=O) groups excluding carboxylic acids is 2. The second kappa shape index (κ2) is 6.63. The van der Waals surface area contributed by atoms with E-state index in [0.717, 1.165) is 15.8 Å². The maximum atomic E-state index is 13.1. The number of benzene rings is 2. The predicted octanol–water partition coefficient (Wildman–Crippen LogP) is 3.73. The van der Waals surface area contributed by atoms with Crippen LogP contribution in [0, 0.1) is 11.3 Å². The number of amides is 3. The Hall–Kier alpha value is -3.43. The second-order valence-corrected chi connectivity index (χ2v) is 7.12. The Kier molecular flexibility index (Phi) is 4.25. The molecule has 4 rings (SSSR count). The number of fused-ring (bicyclic) bond motifs is 1. The maximum absolute atomic E-state index is 13.1. The van der Waals surface area contributed by atoms with Crippen LogP contribution in [0.1, 0.15) is 23.6 Å². The standard InChI is InChI=1S/C21H15ClN4O2/c1-21(16-8-6-13(11-23)7-9-16)19(27)26(20(28)25-21)12-15-10-14-4-2-3-5-17(14)24-18(15)22/h2-10H,12H2,1H3,(H,25,28). The number of hydrogen-bond acceptors (Lipinski definition) is 4. The van der Waals surface area contributed by atoms with Gasteiger partial charge in [0.1, 0.15) is 10.7 Å². The van der Waals surface area contributed by atoms with Gasteiger partial charge in [-0.25, -0.2) is 9.78 Å². The summed E-state index contributed by atoms with van der Waals surface area (Å²) >= 11 is 6.29. The fraction of sp³-hybridized carbons (Fsp3) is 0.143. The number of imide groups is 1. The molecule has 28 heavy (non-hydrogen) atoms. The van der Waals surface area contributed by atoms with Crippen molar-refractivity contribution in [2.24, 2.45) is 0 Å². The van der Waals surface area contributed by atoms with Crippen molar-refractivity contribution in [3.8, 4) is 6.07 Å². The third-order valence-corrected chi connectivity index (χ3v) is 5.27. The summed E-state index contributed by atoms with van der Waals surface area (Å²) in [5.74, 6) is -0.383. The number of nitriles is 1. The Morgan fingerprint density at radius 1 is 1.18 bits per heavy atom. The lowest BCUT2D eigenvalue weighted by Crippen LogP contribution is -2.40. The van der Waals surface area contributed by atoms with E-state index in [1.165, 1.54) is 0 Å². The minimum atomic E-state index is -1.21. The summed E-state index contributed by atoms with van der Waals surface area (Å²) < 4.78 is 0. The maximum Gasteiger partial charge on any atom is 0.325 e. The van der Waals surface area contributed by atoms with Crippen molar-refractivity contribution < 1.29 is 9.59 Å². The Morgan fingerprint density at radius 3 is 2.61 bits per heavy atom. The van der Waals surface area contributed by atoms with Crippen LogP contribution in [0.2, 0.25) is 5.15 Å². The number of rotatable bonds is 3. The summed E-state index contributed by atoms with van der Waals surface area (Å²) in [6, 6.07) is 17.4. The van der Waals surface area contributed by atoms with Crippen molar-refractivity contribution in [3.05, 3.63) is 76.4 Å². The molecule has 0 spiro atoms. The van der Waals surface area contributed by atoms with Gasteiger partial charge in [-0.15, -0.1) is 0 Å². The number of aromatic nitrogens is 1. The number of urea groups is 1. The van der Waals surface area contributed by atoms with Gasteiger partial charge in [-0.2, -0.15) is 5.26 Å². The molecular formula is C21H15ClN4O2. The zero-order chi connectivity index (χ0) is 19.9. The van der Waals surface area contributed by atoms with E-state index < -0.39 is 11.6 Å². The Balaban J connectivity index is 1.66. The van der Waals surface area contributed by atoms with E-state index in [1.54, 1.807) is 31.2 Å². The molecule has 1 saturated heterocycles. The van der Waals surface area contributed by atoms with Crippen LogP contribution in [-0.4, -0.2) is 21.8 Å². The molecule has 1 N–H and O–H groups in total. The average molecular weight is 391 g/mol. The minimum Gasteiger partial charge on any atom is -0.319 e. The molecule has 7 heteroatoms. The second-order valence-electron chi connectivity index (χ2n) is 6.77. The number of pyridine rings is 1. The fourth-order valence-electron chi connectivity index (χ4n) is 3.33. The van der Waals surface area contributed by atoms with Crippen molar-refractivity contribution in [1.82, 2.24) is 15.2 Å². The molecule has 1 fully saturated rings. The topological polar surface area (TPSA) is 86.1 Å². The molecule has 1 aromatic heterocycles. The highest BCUT2D eigenvalue weighted by atomic mass is 35.5. The quantitative estimate of drug-likeness (QED) is 0.545. The summed E-state index contributed by atoms with van der Waals surface area (Å²) in [6.45, 7) is 1.67. The lowest BCUT2D eigenvalue weighted by atomic mass is 9.91. The van der Waals surface area contributed by atoms with Crippen molar-refractivity contribution >= 4 is 34.4 Å². The molecule has 2 heterocycles. The molecule has 0 saturated carbocycles. The molecule has 1 aliphatic rings. The molecule has 0 aliphatic carbocycles. The molecule has 1 atom stereocenters. The smallest absolute Gasteiger partial charge is 0.319 e. The largest absolute Gasteiger partial charge is 0.325 e. The molecular weight excluding hydrogens is 376 g/mol. The van der Waals surface area contributed by atoms with Gasteiger partial charge in [0.15, 0.2) is 0 Å². The third-order valence-electron chi connectivity index (χ3n) is 4.94. The Bertz CT molecular complexity index is 1150. The fourth-order valence-corrected chi connectivity index (χ4v) is 3.54. The monoisotopic (exact) mass is 390 g/mol. The summed E-state index contributed by atoms with van der Waals surface area (Å²) in [4.78, 5) is 31.1. The number of carbonyl (C=O) groups is 2. The molecule has 1 aliphatic heterocycles. The first-order chi connectivity index (χ1) is 13.4. The van der Waals surface area contributed by atoms with E-state index in [9.17, 15) is 9.59 Å². The van der Waals surface area contributed by atoms with E-state index >= 15 is 0 Å². The van der Waals surface area contributed by atoms with Crippen LogP contribution in [0.15, 0.2) is 54.6 Å². The van der Waals surface area contributed by atoms with Gasteiger partial charge in [-0.3, -0.25) is 9.69 Å². The van der Waals surface area contributed by atoms with Crippen LogP contribution >= 0.6 is 11.6 Å². The highest BCUT2D eigenvalue weighted by Crippen LogP contribution is 2.31. The van der Waals surface area contributed by atoms with E-state index in [4.69, 9.17) is 16.9 Å². The first kappa shape index (κ1) is 18.0. The Labute approximate surface area is 166 Å². The molecule has 6 nitrogen and oxygen atoms in total. The summed E-state index contributed by atoms with van der Waals surface area (Å²) in [6.07, 6.45) is 0. The van der Waals surface area contributed by atoms with Gasteiger partial charge in [0, 0.05) is 10.9 Å². The van der Waals surface area contributed by atoms with Crippen LogP contribution in [0.3, 0.4) is 0 Å².